The van der Waals surface area contributed by atoms with E-state index in [1.807, 2.05) is 18.2 Å². The Labute approximate surface area is 285 Å². The first-order valence-electron chi connectivity index (χ1n) is 16.2. The highest BCUT2D eigenvalue weighted by molar-refractivity contribution is 6.31. The summed E-state index contributed by atoms with van der Waals surface area (Å²) in [6.07, 6.45) is -2.68. The second-order valence-electron chi connectivity index (χ2n) is 13.5. The molecule has 0 unspecified atom stereocenters. The molecule has 1 aliphatic heterocycles. The Morgan fingerprint density at radius 1 is 1.02 bits per heavy atom. The van der Waals surface area contributed by atoms with Gasteiger partial charge >= 0.3 is 12.3 Å². The Balaban J connectivity index is 1.71. The first-order chi connectivity index (χ1) is 22.6. The average Bonchev–Trinajstić information content (AvgIpc) is 3.84. The van der Waals surface area contributed by atoms with E-state index in [0.717, 1.165) is 42.5 Å². The van der Waals surface area contributed by atoms with Gasteiger partial charge in [-0.25, -0.2) is 4.79 Å². The number of likely N-dealkylation sites (tertiary alicyclic amines) is 1. The zero-order chi connectivity index (χ0) is 35.3. The summed E-state index contributed by atoms with van der Waals surface area (Å²) in [5, 5.41) is 11.7. The average molecular weight is 699 g/mol. The topological polar surface area (TPSA) is 97.8 Å². The fourth-order valence-corrected chi connectivity index (χ4v) is 6.18. The maximum Gasteiger partial charge on any atom is 0.417 e. The maximum atomic E-state index is 14.6. The van der Waals surface area contributed by atoms with E-state index < -0.39 is 45.9 Å². The van der Waals surface area contributed by atoms with Gasteiger partial charge in [-0.05, 0) is 93.8 Å². The largest absolute Gasteiger partial charge is 0.491 e. The van der Waals surface area contributed by atoms with E-state index in [4.69, 9.17) is 30.5 Å². The van der Waals surface area contributed by atoms with Gasteiger partial charge in [0.2, 0.25) is 5.91 Å². The van der Waals surface area contributed by atoms with Crippen molar-refractivity contribution in [2.75, 3.05) is 47.1 Å². The van der Waals surface area contributed by atoms with Crippen LogP contribution < -0.4 is 4.74 Å². The molecule has 13 heteroatoms. The number of amides is 2. The zero-order valence-electron chi connectivity index (χ0n) is 28.2. The first kappa shape index (κ1) is 37.8. The molecule has 2 fully saturated rings. The molecule has 2 aromatic rings. The summed E-state index contributed by atoms with van der Waals surface area (Å²) in [4.78, 5) is 30.8. The number of carbonyl (C=O) groups excluding carboxylic acids is 2. The van der Waals surface area contributed by atoms with Crippen molar-refractivity contribution in [2.45, 2.75) is 82.8 Å². The zero-order valence-corrected chi connectivity index (χ0v) is 29.0. The molecule has 2 aromatic carbocycles. The lowest BCUT2D eigenvalue weighted by molar-refractivity contribution is -0.155. The van der Waals surface area contributed by atoms with Gasteiger partial charge in [-0.15, -0.1) is 0 Å². The predicted octanol–water partition coefficient (Wildman–Crippen LogP) is 6.60. The number of rotatable bonds is 13. The van der Waals surface area contributed by atoms with Gasteiger partial charge in [0.15, 0.2) is 0 Å². The van der Waals surface area contributed by atoms with Crippen LogP contribution in [0.1, 0.15) is 68.7 Å². The lowest BCUT2D eigenvalue weighted by atomic mass is 9.74. The highest BCUT2D eigenvalue weighted by Gasteiger charge is 2.52. The van der Waals surface area contributed by atoms with Crippen LogP contribution in [-0.2, 0) is 43.7 Å². The molecule has 4 rings (SSSR count). The Hall–Kier alpha value is -3.06. The molecule has 2 amide bonds. The van der Waals surface area contributed by atoms with Crippen LogP contribution in [0.5, 0.6) is 5.75 Å². The number of hydrogen-bond donors (Lipinski definition) is 1. The minimum Gasteiger partial charge on any atom is -0.491 e. The Kier molecular flexibility index (Phi) is 12.3. The molecule has 1 aliphatic carbocycles. The summed E-state index contributed by atoms with van der Waals surface area (Å²) in [5.74, 6) is -1.14. The molecule has 0 aromatic heterocycles. The molecule has 0 radical (unpaired) electrons. The van der Waals surface area contributed by atoms with E-state index in [9.17, 15) is 27.9 Å². The maximum absolute atomic E-state index is 14.6. The summed E-state index contributed by atoms with van der Waals surface area (Å²) in [6.45, 7) is 6.34. The molecule has 1 N–H and O–H groups in total. The van der Waals surface area contributed by atoms with Crippen LogP contribution in [0.2, 0.25) is 5.02 Å². The number of benzene rings is 2. The highest BCUT2D eigenvalue weighted by Crippen LogP contribution is 2.44. The minimum absolute atomic E-state index is 0.0334. The van der Waals surface area contributed by atoms with Gasteiger partial charge in [0.05, 0.1) is 23.1 Å². The van der Waals surface area contributed by atoms with Crippen molar-refractivity contribution in [1.29, 1.82) is 0 Å². The Morgan fingerprint density at radius 2 is 1.71 bits per heavy atom. The van der Waals surface area contributed by atoms with Crippen LogP contribution in [0.15, 0.2) is 36.4 Å². The van der Waals surface area contributed by atoms with Crippen LogP contribution in [0, 0.1) is 5.92 Å². The van der Waals surface area contributed by atoms with Gasteiger partial charge < -0.3 is 33.9 Å². The van der Waals surface area contributed by atoms with Crippen molar-refractivity contribution in [3.05, 3.63) is 63.7 Å². The minimum atomic E-state index is -4.78. The van der Waals surface area contributed by atoms with Gasteiger partial charge in [-0.1, -0.05) is 23.7 Å². The highest BCUT2D eigenvalue weighted by atomic mass is 35.5. The number of aryl methyl sites for hydroxylation is 1. The number of methoxy groups -OCH3 is 2. The van der Waals surface area contributed by atoms with Gasteiger partial charge in [-0.3, -0.25) is 4.79 Å². The van der Waals surface area contributed by atoms with E-state index >= 15 is 0 Å². The van der Waals surface area contributed by atoms with Crippen molar-refractivity contribution in [1.82, 2.24) is 9.80 Å². The third kappa shape index (κ3) is 9.77. The summed E-state index contributed by atoms with van der Waals surface area (Å²) in [6, 6.07) is 8.86. The number of ether oxygens (including phenoxy) is 4. The number of halogens is 4. The van der Waals surface area contributed by atoms with Gasteiger partial charge in [0, 0.05) is 46.5 Å². The quantitative estimate of drug-likeness (QED) is 0.236. The van der Waals surface area contributed by atoms with E-state index in [1.165, 1.54) is 11.0 Å². The molecule has 48 heavy (non-hydrogen) atoms. The molecule has 2 atom stereocenters. The number of aliphatic hydroxyl groups is 1. The Bertz CT molecular complexity index is 1400. The van der Waals surface area contributed by atoms with Crippen LogP contribution in [0.25, 0.3) is 0 Å². The molecule has 1 saturated carbocycles. The third-order valence-corrected chi connectivity index (χ3v) is 8.81. The normalized spacial score (nSPS) is 20.0. The summed E-state index contributed by atoms with van der Waals surface area (Å²) in [7, 11) is 3.22. The standard InChI is InChI=1S/C35H46ClF3N2O7/c1-33(2,3)48-32(43)40-13-12-34(44,25-8-11-30(36)28(20-25)35(37,38)39)29(22-40)31(42)41(26-9-10-26)21-24-17-23(7-6-14-45-4)18-27(19-24)47-16-15-46-5/h8,11,17-20,26,29,44H,6-7,9-10,12-16,21-22H2,1-5H3/t29-,34+/m1/s1. The van der Waals surface area contributed by atoms with E-state index in [2.05, 4.69) is 0 Å². The van der Waals surface area contributed by atoms with Crippen molar-refractivity contribution in [3.8, 4) is 5.75 Å². The lowest BCUT2D eigenvalue weighted by Gasteiger charge is -2.45. The van der Waals surface area contributed by atoms with E-state index in [-0.39, 0.29) is 37.7 Å². The molecule has 9 nitrogen and oxygen atoms in total. The van der Waals surface area contributed by atoms with E-state index in [0.29, 0.717) is 32.0 Å². The Morgan fingerprint density at radius 3 is 2.33 bits per heavy atom. The number of alkyl halides is 3. The SMILES string of the molecule is COCCCc1cc(CN(C(=O)[C@H]2CN(C(=O)OC(C)(C)C)CC[C@]2(O)c2ccc(Cl)c(C(F)(F)F)c2)C2CC2)cc(OCCOC)c1. The van der Waals surface area contributed by atoms with Gasteiger partial charge in [0.1, 0.15) is 23.6 Å². The summed E-state index contributed by atoms with van der Waals surface area (Å²) >= 11 is 5.92. The predicted molar refractivity (Wildman–Crippen MR) is 174 cm³/mol. The van der Waals surface area contributed by atoms with Crippen molar-refractivity contribution in [2.24, 2.45) is 5.92 Å². The van der Waals surface area contributed by atoms with Gasteiger partial charge in [-0.2, -0.15) is 13.2 Å². The fourth-order valence-electron chi connectivity index (χ4n) is 5.96. The third-order valence-electron chi connectivity index (χ3n) is 8.48. The lowest BCUT2D eigenvalue weighted by Crippen LogP contribution is -2.58. The molecule has 1 saturated heterocycles. The van der Waals surface area contributed by atoms with Crippen LogP contribution >= 0.6 is 11.6 Å². The number of carbonyl (C=O) groups is 2. The number of piperidine rings is 1. The van der Waals surface area contributed by atoms with Crippen molar-refractivity contribution in [3.63, 3.8) is 0 Å². The number of nitrogens with zero attached hydrogens (tertiary/aromatic N) is 2. The molecule has 0 spiro atoms. The van der Waals surface area contributed by atoms with Crippen molar-refractivity contribution < 1.29 is 46.8 Å². The number of hydrogen-bond acceptors (Lipinski definition) is 7. The molecule has 0 bridgehead atoms. The second-order valence-corrected chi connectivity index (χ2v) is 13.9. The molecule has 1 heterocycles. The van der Waals surface area contributed by atoms with Crippen LogP contribution in [0.3, 0.4) is 0 Å². The second kappa shape index (κ2) is 15.7. The molecular formula is C35H46ClF3N2O7. The van der Waals surface area contributed by atoms with E-state index in [1.54, 1.807) is 39.9 Å². The first-order valence-corrected chi connectivity index (χ1v) is 16.5. The smallest absolute Gasteiger partial charge is 0.417 e. The van der Waals surface area contributed by atoms with Crippen molar-refractivity contribution >= 4 is 23.6 Å². The monoisotopic (exact) mass is 698 g/mol. The van der Waals surface area contributed by atoms with Crippen LogP contribution in [0.4, 0.5) is 18.0 Å². The molecule has 266 valence electrons. The fraction of sp³-hybridized carbons (Fsp3) is 0.600. The molecular weight excluding hydrogens is 653 g/mol. The summed E-state index contributed by atoms with van der Waals surface area (Å²) < 4.78 is 63.6. The van der Waals surface area contributed by atoms with Gasteiger partial charge in [0.25, 0.3) is 0 Å². The van der Waals surface area contributed by atoms with Crippen LogP contribution in [-0.4, -0.2) is 85.7 Å². The molecule has 2 aliphatic rings. The summed E-state index contributed by atoms with van der Waals surface area (Å²) in [5.41, 5.74) is -2.26.